The Balaban J connectivity index is 2.21. The minimum Gasteiger partial charge on any atom is -0.469 e. The number of ether oxygens (including phenoxy) is 1. The van der Waals surface area contributed by atoms with E-state index in [2.05, 4.69) is 11.9 Å². The zero-order valence-corrected chi connectivity index (χ0v) is 9.71. The standard InChI is InChI=1S/C12H17NO3/c1-9(2)8-15-7-5-13-12(14)11-4-6-16-10(11)3/h4,6H,1,5,7-8H2,2-3H3,(H,13,14). The molecule has 1 N–H and O–H groups in total. The molecule has 1 rings (SSSR count). The molecule has 1 heterocycles. The summed E-state index contributed by atoms with van der Waals surface area (Å²) in [6, 6.07) is 1.65. The molecule has 88 valence electrons. The molecule has 0 saturated heterocycles. The first-order valence-electron chi connectivity index (χ1n) is 5.15. The highest BCUT2D eigenvalue weighted by atomic mass is 16.5. The van der Waals surface area contributed by atoms with Gasteiger partial charge in [0.15, 0.2) is 0 Å². The highest BCUT2D eigenvalue weighted by Crippen LogP contribution is 2.07. The number of rotatable bonds is 6. The Morgan fingerprint density at radius 1 is 1.62 bits per heavy atom. The summed E-state index contributed by atoms with van der Waals surface area (Å²) in [5.41, 5.74) is 1.54. The maximum Gasteiger partial charge on any atom is 0.254 e. The lowest BCUT2D eigenvalue weighted by Gasteiger charge is -2.05. The lowest BCUT2D eigenvalue weighted by atomic mass is 10.2. The topological polar surface area (TPSA) is 51.5 Å². The minimum atomic E-state index is -0.134. The summed E-state index contributed by atoms with van der Waals surface area (Å²) in [5.74, 6) is 0.491. The second kappa shape index (κ2) is 6.12. The molecule has 0 atom stereocenters. The fourth-order valence-electron chi connectivity index (χ4n) is 1.20. The van der Waals surface area contributed by atoms with Crippen molar-refractivity contribution in [1.82, 2.24) is 5.32 Å². The van der Waals surface area contributed by atoms with Crippen LogP contribution < -0.4 is 5.32 Å². The SMILES string of the molecule is C=C(C)COCCNC(=O)c1ccoc1C. The molecule has 0 radical (unpaired) electrons. The molecule has 16 heavy (non-hydrogen) atoms. The molecule has 0 saturated carbocycles. The third-order valence-electron chi connectivity index (χ3n) is 1.98. The molecular weight excluding hydrogens is 206 g/mol. The largest absolute Gasteiger partial charge is 0.469 e. The Hall–Kier alpha value is -1.55. The number of furan rings is 1. The van der Waals surface area contributed by atoms with Crippen LogP contribution in [0.4, 0.5) is 0 Å². The minimum absolute atomic E-state index is 0.134. The van der Waals surface area contributed by atoms with Gasteiger partial charge in [-0.1, -0.05) is 12.2 Å². The normalized spacial score (nSPS) is 10.1. The van der Waals surface area contributed by atoms with E-state index in [0.29, 0.717) is 31.1 Å². The van der Waals surface area contributed by atoms with E-state index in [0.717, 1.165) is 5.57 Å². The summed E-state index contributed by atoms with van der Waals surface area (Å²) in [4.78, 5) is 11.6. The van der Waals surface area contributed by atoms with Crippen LogP contribution in [-0.2, 0) is 4.74 Å². The highest BCUT2D eigenvalue weighted by Gasteiger charge is 2.09. The number of carbonyl (C=O) groups is 1. The van der Waals surface area contributed by atoms with E-state index in [4.69, 9.17) is 9.15 Å². The van der Waals surface area contributed by atoms with Crippen LogP contribution in [-0.4, -0.2) is 25.7 Å². The van der Waals surface area contributed by atoms with Crippen LogP contribution in [0, 0.1) is 6.92 Å². The molecule has 1 aromatic heterocycles. The summed E-state index contributed by atoms with van der Waals surface area (Å²) in [5, 5.41) is 2.75. The molecule has 1 amide bonds. The lowest BCUT2D eigenvalue weighted by Crippen LogP contribution is -2.27. The van der Waals surface area contributed by atoms with E-state index < -0.39 is 0 Å². The molecule has 0 bridgehead atoms. The Morgan fingerprint density at radius 2 is 2.38 bits per heavy atom. The van der Waals surface area contributed by atoms with Crippen molar-refractivity contribution in [3.05, 3.63) is 35.8 Å². The maximum absolute atomic E-state index is 11.6. The van der Waals surface area contributed by atoms with E-state index in [1.54, 1.807) is 13.0 Å². The van der Waals surface area contributed by atoms with Gasteiger partial charge in [-0.2, -0.15) is 0 Å². The van der Waals surface area contributed by atoms with Crippen molar-refractivity contribution < 1.29 is 13.9 Å². The van der Waals surface area contributed by atoms with Gasteiger partial charge in [-0.15, -0.1) is 0 Å². The van der Waals surface area contributed by atoms with Gasteiger partial charge < -0.3 is 14.5 Å². The molecule has 4 heteroatoms. The number of hydrogen-bond donors (Lipinski definition) is 1. The van der Waals surface area contributed by atoms with E-state index >= 15 is 0 Å². The van der Waals surface area contributed by atoms with Crippen LogP contribution in [0.3, 0.4) is 0 Å². The number of carbonyl (C=O) groups excluding carboxylic acids is 1. The first kappa shape index (κ1) is 12.5. The van der Waals surface area contributed by atoms with E-state index in [9.17, 15) is 4.79 Å². The monoisotopic (exact) mass is 223 g/mol. The molecule has 0 aromatic carbocycles. The van der Waals surface area contributed by atoms with Crippen LogP contribution in [0.15, 0.2) is 28.9 Å². The van der Waals surface area contributed by atoms with Gasteiger partial charge in [-0.3, -0.25) is 4.79 Å². The van der Waals surface area contributed by atoms with Crippen molar-refractivity contribution in [2.45, 2.75) is 13.8 Å². The second-order valence-electron chi connectivity index (χ2n) is 3.66. The van der Waals surface area contributed by atoms with Crippen molar-refractivity contribution >= 4 is 5.91 Å². The molecule has 4 nitrogen and oxygen atoms in total. The second-order valence-corrected chi connectivity index (χ2v) is 3.66. The number of amides is 1. The van der Waals surface area contributed by atoms with Gasteiger partial charge in [0.2, 0.25) is 0 Å². The zero-order valence-electron chi connectivity index (χ0n) is 9.71. The summed E-state index contributed by atoms with van der Waals surface area (Å²) in [6.45, 7) is 8.86. The molecule has 0 unspecified atom stereocenters. The van der Waals surface area contributed by atoms with Gasteiger partial charge in [0.05, 0.1) is 25.0 Å². The van der Waals surface area contributed by atoms with Gasteiger partial charge >= 0.3 is 0 Å². The van der Waals surface area contributed by atoms with Crippen LogP contribution in [0.2, 0.25) is 0 Å². The average molecular weight is 223 g/mol. The summed E-state index contributed by atoms with van der Waals surface area (Å²) in [7, 11) is 0. The summed E-state index contributed by atoms with van der Waals surface area (Å²) < 4.78 is 10.3. The first-order valence-corrected chi connectivity index (χ1v) is 5.15. The van der Waals surface area contributed by atoms with Crippen molar-refractivity contribution in [1.29, 1.82) is 0 Å². The third-order valence-corrected chi connectivity index (χ3v) is 1.98. The summed E-state index contributed by atoms with van der Waals surface area (Å²) >= 11 is 0. The van der Waals surface area contributed by atoms with Crippen LogP contribution >= 0.6 is 0 Å². The molecule has 0 aliphatic heterocycles. The van der Waals surface area contributed by atoms with Gasteiger partial charge in [0, 0.05) is 6.54 Å². The zero-order chi connectivity index (χ0) is 12.0. The molecule has 0 aliphatic carbocycles. The third kappa shape index (κ3) is 3.90. The fraction of sp³-hybridized carbons (Fsp3) is 0.417. The highest BCUT2D eigenvalue weighted by molar-refractivity contribution is 5.94. The maximum atomic E-state index is 11.6. The molecule has 0 aliphatic rings. The summed E-state index contributed by atoms with van der Waals surface area (Å²) in [6.07, 6.45) is 1.50. The smallest absolute Gasteiger partial charge is 0.254 e. The van der Waals surface area contributed by atoms with Crippen molar-refractivity contribution in [2.75, 3.05) is 19.8 Å². The molecule has 0 spiro atoms. The number of aryl methyl sites for hydroxylation is 1. The van der Waals surface area contributed by atoms with Crippen LogP contribution in [0.5, 0.6) is 0 Å². The van der Waals surface area contributed by atoms with Crippen LogP contribution in [0.25, 0.3) is 0 Å². The Morgan fingerprint density at radius 3 is 2.94 bits per heavy atom. The quantitative estimate of drug-likeness (QED) is 0.592. The molecular formula is C12H17NO3. The van der Waals surface area contributed by atoms with E-state index in [1.165, 1.54) is 6.26 Å². The van der Waals surface area contributed by atoms with E-state index in [1.807, 2.05) is 6.92 Å². The Kier molecular flexibility index (Phi) is 4.79. The first-order chi connectivity index (χ1) is 7.61. The predicted octanol–water partition coefficient (Wildman–Crippen LogP) is 1.91. The number of nitrogens with one attached hydrogen (secondary N) is 1. The number of hydrogen-bond acceptors (Lipinski definition) is 3. The molecule has 0 fully saturated rings. The van der Waals surface area contributed by atoms with Gasteiger partial charge in [0.25, 0.3) is 5.91 Å². The van der Waals surface area contributed by atoms with E-state index in [-0.39, 0.29) is 5.91 Å². The van der Waals surface area contributed by atoms with Gasteiger partial charge in [0.1, 0.15) is 5.76 Å². The average Bonchev–Trinajstić information content (AvgIpc) is 2.63. The Labute approximate surface area is 95.3 Å². The van der Waals surface area contributed by atoms with Crippen molar-refractivity contribution in [3.63, 3.8) is 0 Å². The van der Waals surface area contributed by atoms with Gasteiger partial charge in [-0.05, 0) is 19.9 Å². The van der Waals surface area contributed by atoms with Crippen LogP contribution in [0.1, 0.15) is 23.0 Å². The van der Waals surface area contributed by atoms with Crippen molar-refractivity contribution in [2.24, 2.45) is 0 Å². The Bertz CT molecular complexity index is 368. The lowest BCUT2D eigenvalue weighted by molar-refractivity contribution is 0.0925. The van der Waals surface area contributed by atoms with Gasteiger partial charge in [-0.25, -0.2) is 0 Å². The fourth-order valence-corrected chi connectivity index (χ4v) is 1.20. The predicted molar refractivity (Wildman–Crippen MR) is 61.4 cm³/mol. The van der Waals surface area contributed by atoms with Crippen molar-refractivity contribution in [3.8, 4) is 0 Å². The molecule has 1 aromatic rings.